The standard InChI is InChI=1S/C10H13F3N2O/c1-7-5-9(16)15(6-8(7)14)4-2-3-10(11,12)13/h5-6H,2-4,14H2,1H3. The van der Waals surface area contributed by atoms with Crippen LogP contribution in [0.4, 0.5) is 18.9 Å². The number of nitrogens with zero attached hydrogens (tertiary/aromatic N) is 1. The van der Waals surface area contributed by atoms with Gasteiger partial charge in [-0.3, -0.25) is 4.79 Å². The Hall–Kier alpha value is -1.46. The summed E-state index contributed by atoms with van der Waals surface area (Å²) in [5.41, 5.74) is 6.29. The van der Waals surface area contributed by atoms with Crippen molar-refractivity contribution in [3.05, 3.63) is 28.2 Å². The number of halogens is 3. The molecule has 0 saturated carbocycles. The Morgan fingerprint density at radius 1 is 1.44 bits per heavy atom. The molecule has 0 bridgehead atoms. The van der Waals surface area contributed by atoms with Gasteiger partial charge < -0.3 is 10.3 Å². The van der Waals surface area contributed by atoms with Gasteiger partial charge in [0.1, 0.15) is 0 Å². The Balaban J connectivity index is 2.68. The van der Waals surface area contributed by atoms with Crippen molar-refractivity contribution in [2.75, 3.05) is 5.73 Å². The number of hydrogen-bond donors (Lipinski definition) is 1. The van der Waals surface area contributed by atoms with Gasteiger partial charge in [0, 0.05) is 25.2 Å². The lowest BCUT2D eigenvalue weighted by atomic mass is 10.2. The predicted molar refractivity (Wildman–Crippen MR) is 55.1 cm³/mol. The molecule has 0 fully saturated rings. The van der Waals surface area contributed by atoms with E-state index in [0.29, 0.717) is 11.3 Å². The smallest absolute Gasteiger partial charge is 0.389 e. The van der Waals surface area contributed by atoms with Crippen LogP contribution in [0.5, 0.6) is 0 Å². The molecule has 1 rings (SSSR count). The van der Waals surface area contributed by atoms with Crippen LogP contribution >= 0.6 is 0 Å². The average molecular weight is 234 g/mol. The Morgan fingerprint density at radius 2 is 2.06 bits per heavy atom. The summed E-state index contributed by atoms with van der Waals surface area (Å²) in [6, 6.07) is 1.32. The molecule has 0 amide bonds. The first-order valence-electron chi connectivity index (χ1n) is 4.83. The average Bonchev–Trinajstić information content (AvgIpc) is 2.11. The zero-order valence-corrected chi connectivity index (χ0v) is 8.84. The Bertz CT molecular complexity index is 423. The molecular formula is C10H13F3N2O. The molecule has 0 atom stereocenters. The van der Waals surface area contributed by atoms with Crippen LogP contribution in [0.25, 0.3) is 0 Å². The molecule has 0 aromatic carbocycles. The second kappa shape index (κ2) is 4.59. The minimum Gasteiger partial charge on any atom is -0.397 e. The maximum Gasteiger partial charge on any atom is 0.389 e. The maximum atomic E-state index is 11.9. The number of aromatic nitrogens is 1. The lowest BCUT2D eigenvalue weighted by Gasteiger charge is -2.09. The normalized spacial score (nSPS) is 11.8. The quantitative estimate of drug-likeness (QED) is 0.870. The Labute approximate surface area is 90.7 Å². The zero-order valence-electron chi connectivity index (χ0n) is 8.84. The van der Waals surface area contributed by atoms with Gasteiger partial charge in [0.2, 0.25) is 0 Å². The molecule has 6 heteroatoms. The molecule has 90 valence electrons. The second-order valence-corrected chi connectivity index (χ2v) is 3.66. The van der Waals surface area contributed by atoms with Gasteiger partial charge in [-0.05, 0) is 18.9 Å². The summed E-state index contributed by atoms with van der Waals surface area (Å²) in [5.74, 6) is 0. The van der Waals surface area contributed by atoms with Crippen molar-refractivity contribution in [3.8, 4) is 0 Å². The fourth-order valence-electron chi connectivity index (χ4n) is 1.31. The van der Waals surface area contributed by atoms with E-state index in [1.54, 1.807) is 6.92 Å². The first-order chi connectivity index (χ1) is 7.29. The Morgan fingerprint density at radius 3 is 2.62 bits per heavy atom. The molecule has 1 aromatic heterocycles. The summed E-state index contributed by atoms with van der Waals surface area (Å²) in [7, 11) is 0. The lowest BCUT2D eigenvalue weighted by molar-refractivity contribution is -0.135. The predicted octanol–water partition coefficient (Wildman–Crippen LogP) is 2.08. The number of nitrogen functional groups attached to an aromatic ring is 1. The van der Waals surface area contributed by atoms with Gasteiger partial charge in [-0.15, -0.1) is 0 Å². The molecule has 0 aliphatic rings. The first-order valence-corrected chi connectivity index (χ1v) is 4.83. The van der Waals surface area contributed by atoms with Gasteiger partial charge in [0.15, 0.2) is 0 Å². The molecule has 1 heterocycles. The molecule has 0 aliphatic carbocycles. The van der Waals surface area contributed by atoms with Crippen LogP contribution in [0.2, 0.25) is 0 Å². The summed E-state index contributed by atoms with van der Waals surface area (Å²) in [6.45, 7) is 1.71. The van der Waals surface area contributed by atoms with Crippen LogP contribution in [0.3, 0.4) is 0 Å². The number of pyridine rings is 1. The fraction of sp³-hybridized carbons (Fsp3) is 0.500. The molecular weight excluding hydrogens is 221 g/mol. The SMILES string of the molecule is Cc1cc(=O)n(CCCC(F)(F)F)cc1N. The van der Waals surface area contributed by atoms with E-state index in [9.17, 15) is 18.0 Å². The fourth-order valence-corrected chi connectivity index (χ4v) is 1.31. The Kier molecular flexibility index (Phi) is 3.62. The van der Waals surface area contributed by atoms with Crippen molar-refractivity contribution < 1.29 is 13.2 Å². The first kappa shape index (κ1) is 12.6. The van der Waals surface area contributed by atoms with E-state index < -0.39 is 12.6 Å². The zero-order chi connectivity index (χ0) is 12.3. The highest BCUT2D eigenvalue weighted by Gasteiger charge is 2.26. The van der Waals surface area contributed by atoms with E-state index in [1.807, 2.05) is 0 Å². The van der Waals surface area contributed by atoms with Crippen LogP contribution in [-0.4, -0.2) is 10.7 Å². The van der Waals surface area contributed by atoms with Crippen LogP contribution in [0.1, 0.15) is 18.4 Å². The summed E-state index contributed by atoms with van der Waals surface area (Å²) in [5, 5.41) is 0. The molecule has 0 spiro atoms. The van der Waals surface area contributed by atoms with Gasteiger partial charge >= 0.3 is 6.18 Å². The van der Waals surface area contributed by atoms with Crippen molar-refractivity contribution >= 4 is 5.69 Å². The molecule has 0 radical (unpaired) electrons. The highest BCUT2D eigenvalue weighted by molar-refractivity contribution is 5.42. The van der Waals surface area contributed by atoms with Crippen LogP contribution in [0.15, 0.2) is 17.1 Å². The highest BCUT2D eigenvalue weighted by Crippen LogP contribution is 2.21. The number of alkyl halides is 3. The van der Waals surface area contributed by atoms with E-state index in [2.05, 4.69) is 0 Å². The van der Waals surface area contributed by atoms with Gasteiger partial charge in [0.25, 0.3) is 5.56 Å². The van der Waals surface area contributed by atoms with Crippen LogP contribution < -0.4 is 11.3 Å². The minimum absolute atomic E-state index is 0.0306. The molecule has 3 nitrogen and oxygen atoms in total. The highest BCUT2D eigenvalue weighted by atomic mass is 19.4. The molecule has 0 saturated heterocycles. The number of anilines is 1. The largest absolute Gasteiger partial charge is 0.397 e. The van der Waals surface area contributed by atoms with Crippen molar-refractivity contribution in [2.24, 2.45) is 0 Å². The summed E-state index contributed by atoms with van der Waals surface area (Å²) in [6.07, 6.45) is -3.81. The van der Waals surface area contributed by atoms with Gasteiger partial charge in [-0.2, -0.15) is 13.2 Å². The third-order valence-corrected chi connectivity index (χ3v) is 2.23. The van der Waals surface area contributed by atoms with Crippen molar-refractivity contribution in [3.63, 3.8) is 0 Å². The number of nitrogens with two attached hydrogens (primary N) is 1. The lowest BCUT2D eigenvalue weighted by Crippen LogP contribution is -2.21. The molecule has 0 unspecified atom stereocenters. The van der Waals surface area contributed by atoms with E-state index >= 15 is 0 Å². The van der Waals surface area contributed by atoms with E-state index in [0.717, 1.165) is 0 Å². The summed E-state index contributed by atoms with van der Waals surface area (Å²) in [4.78, 5) is 11.4. The molecule has 0 aliphatic heterocycles. The van der Waals surface area contributed by atoms with Crippen LogP contribution in [0, 0.1) is 6.92 Å². The van der Waals surface area contributed by atoms with Crippen molar-refractivity contribution in [2.45, 2.75) is 32.5 Å². The number of rotatable bonds is 3. The third kappa shape index (κ3) is 3.60. The molecule has 16 heavy (non-hydrogen) atoms. The van der Waals surface area contributed by atoms with Gasteiger partial charge in [-0.1, -0.05) is 0 Å². The summed E-state index contributed by atoms with van der Waals surface area (Å²) < 4.78 is 36.9. The van der Waals surface area contributed by atoms with E-state index in [1.165, 1.54) is 16.8 Å². The third-order valence-electron chi connectivity index (χ3n) is 2.23. The second-order valence-electron chi connectivity index (χ2n) is 3.66. The maximum absolute atomic E-state index is 11.9. The van der Waals surface area contributed by atoms with E-state index in [-0.39, 0.29) is 18.5 Å². The minimum atomic E-state index is -4.18. The number of hydrogen-bond acceptors (Lipinski definition) is 2. The monoisotopic (exact) mass is 234 g/mol. The van der Waals surface area contributed by atoms with Gasteiger partial charge in [-0.25, -0.2) is 0 Å². The van der Waals surface area contributed by atoms with E-state index in [4.69, 9.17) is 5.73 Å². The van der Waals surface area contributed by atoms with Crippen molar-refractivity contribution in [1.29, 1.82) is 0 Å². The molecule has 2 N–H and O–H groups in total. The number of aryl methyl sites for hydroxylation is 2. The van der Waals surface area contributed by atoms with Crippen LogP contribution in [-0.2, 0) is 6.54 Å². The van der Waals surface area contributed by atoms with Gasteiger partial charge in [0.05, 0.1) is 5.69 Å². The molecule has 1 aromatic rings. The topological polar surface area (TPSA) is 48.0 Å². The van der Waals surface area contributed by atoms with Crippen molar-refractivity contribution in [1.82, 2.24) is 4.57 Å². The summed E-state index contributed by atoms with van der Waals surface area (Å²) >= 11 is 0.